The number of nitrogens with zero attached hydrogens (tertiary/aromatic N) is 1. The third kappa shape index (κ3) is 6.82. The number of nitrogens with one attached hydrogen (secondary N) is 1. The van der Waals surface area contributed by atoms with E-state index in [0.29, 0.717) is 25.0 Å². The minimum atomic E-state index is -0.926. The zero-order valence-electron chi connectivity index (χ0n) is 18.1. The first-order valence-corrected chi connectivity index (χ1v) is 10.9. The number of amides is 2. The fourth-order valence-electron chi connectivity index (χ4n) is 4.30. The fourth-order valence-corrected chi connectivity index (χ4v) is 4.30. The largest absolute Gasteiger partial charge is 0.480 e. The lowest BCUT2D eigenvalue weighted by atomic mass is 9.82. The van der Waals surface area contributed by atoms with Crippen LogP contribution in [-0.2, 0) is 9.53 Å². The van der Waals surface area contributed by atoms with E-state index in [9.17, 15) is 9.59 Å². The molecule has 0 heterocycles. The summed E-state index contributed by atoms with van der Waals surface area (Å²) in [7, 11) is 1.84. The van der Waals surface area contributed by atoms with E-state index in [-0.39, 0.29) is 18.7 Å². The smallest absolute Gasteiger partial charge is 0.329 e. The van der Waals surface area contributed by atoms with Crippen molar-refractivity contribution in [3.63, 3.8) is 0 Å². The normalized spacial score (nSPS) is 18.5. The van der Waals surface area contributed by atoms with E-state index in [1.54, 1.807) is 4.90 Å². The van der Waals surface area contributed by atoms with Gasteiger partial charge in [-0.15, -0.1) is 0 Å². The van der Waals surface area contributed by atoms with Crippen molar-refractivity contribution in [3.05, 3.63) is 71.8 Å². The highest BCUT2D eigenvalue weighted by atomic mass is 16.5. The molecule has 0 aromatic heterocycles. The van der Waals surface area contributed by atoms with E-state index in [2.05, 4.69) is 29.6 Å². The number of aliphatic carboxylic acids is 1. The summed E-state index contributed by atoms with van der Waals surface area (Å²) in [6.45, 7) is 0.929. The first kappa shape index (κ1) is 22.8. The van der Waals surface area contributed by atoms with Crippen LogP contribution in [0.25, 0.3) is 0 Å². The van der Waals surface area contributed by atoms with Crippen LogP contribution in [0.4, 0.5) is 4.79 Å². The summed E-state index contributed by atoms with van der Waals surface area (Å²) in [5, 5.41) is 11.8. The molecule has 0 atom stereocenters. The lowest BCUT2D eigenvalue weighted by molar-refractivity contribution is -0.142. The predicted octanol–water partition coefficient (Wildman–Crippen LogP) is 4.33. The molecular weight excluding hydrogens is 392 g/mol. The maximum absolute atomic E-state index is 13.0. The minimum absolute atomic E-state index is 0.0791. The molecule has 6 heteroatoms. The number of carboxylic acids is 1. The Hall–Kier alpha value is -2.86. The first-order chi connectivity index (χ1) is 15.0. The number of carbonyl (C=O) groups excluding carboxylic acids is 1. The third-order valence-corrected chi connectivity index (χ3v) is 6.03. The molecule has 0 aliphatic heterocycles. The summed E-state index contributed by atoms with van der Waals surface area (Å²) in [4.78, 5) is 25.3. The van der Waals surface area contributed by atoms with Gasteiger partial charge in [0.2, 0.25) is 0 Å². The van der Waals surface area contributed by atoms with Crippen molar-refractivity contribution < 1.29 is 19.4 Å². The summed E-state index contributed by atoms with van der Waals surface area (Å²) >= 11 is 0. The average molecular weight is 425 g/mol. The van der Waals surface area contributed by atoms with Gasteiger partial charge in [-0.2, -0.15) is 0 Å². The van der Waals surface area contributed by atoms with Gasteiger partial charge in [0.05, 0.1) is 12.6 Å². The Morgan fingerprint density at radius 2 is 1.48 bits per heavy atom. The van der Waals surface area contributed by atoms with Gasteiger partial charge in [-0.1, -0.05) is 60.7 Å². The van der Waals surface area contributed by atoms with Crippen LogP contribution in [0, 0.1) is 11.8 Å². The summed E-state index contributed by atoms with van der Waals surface area (Å²) < 4.78 is 5.23. The average Bonchev–Trinajstić information content (AvgIpc) is 2.79. The Balaban J connectivity index is 1.52. The maximum atomic E-state index is 13.0. The zero-order valence-corrected chi connectivity index (χ0v) is 18.1. The van der Waals surface area contributed by atoms with Crippen molar-refractivity contribution in [2.24, 2.45) is 11.8 Å². The van der Waals surface area contributed by atoms with E-state index in [4.69, 9.17) is 9.84 Å². The van der Waals surface area contributed by atoms with Gasteiger partial charge in [-0.3, -0.25) is 0 Å². The maximum Gasteiger partial charge on any atom is 0.329 e. The molecule has 2 aromatic carbocycles. The molecule has 0 unspecified atom stereocenters. The van der Waals surface area contributed by atoms with Crippen molar-refractivity contribution in [1.29, 1.82) is 0 Å². The number of hydrogen-bond acceptors (Lipinski definition) is 3. The molecule has 1 aliphatic carbocycles. The van der Waals surface area contributed by atoms with Crippen LogP contribution < -0.4 is 5.32 Å². The molecular formula is C25H32N2O4. The van der Waals surface area contributed by atoms with Gasteiger partial charge < -0.3 is 20.1 Å². The Kier molecular flexibility index (Phi) is 8.47. The van der Waals surface area contributed by atoms with Crippen molar-refractivity contribution >= 4 is 12.0 Å². The van der Waals surface area contributed by atoms with Gasteiger partial charge in [-0.05, 0) is 48.6 Å². The van der Waals surface area contributed by atoms with Gasteiger partial charge in [-0.25, -0.2) is 9.59 Å². The summed E-state index contributed by atoms with van der Waals surface area (Å²) in [6.07, 6.45) is 4.05. The molecule has 6 nitrogen and oxygen atoms in total. The van der Waals surface area contributed by atoms with E-state index < -0.39 is 5.97 Å². The van der Waals surface area contributed by atoms with E-state index in [1.807, 2.05) is 43.4 Å². The number of urea groups is 1. The SMILES string of the molecule is CN(C(=O)NC[C@H]1CC[C@H](COCC(=O)O)CC1)C(c1ccccc1)c1ccccc1. The number of benzene rings is 2. The molecule has 1 saturated carbocycles. The molecule has 166 valence electrons. The molecule has 0 bridgehead atoms. The van der Waals surface area contributed by atoms with Crippen molar-refractivity contribution in [2.75, 3.05) is 26.8 Å². The topological polar surface area (TPSA) is 78.9 Å². The Bertz CT molecular complexity index is 780. The second-order valence-corrected chi connectivity index (χ2v) is 8.32. The van der Waals surface area contributed by atoms with E-state index in [0.717, 1.165) is 36.8 Å². The number of carboxylic acid groups (broad SMARTS) is 1. The molecule has 1 fully saturated rings. The number of rotatable bonds is 9. The van der Waals surface area contributed by atoms with Crippen LogP contribution in [0.3, 0.4) is 0 Å². The zero-order chi connectivity index (χ0) is 22.1. The molecule has 2 aromatic rings. The van der Waals surface area contributed by atoms with Crippen LogP contribution in [0.1, 0.15) is 42.9 Å². The van der Waals surface area contributed by atoms with Gasteiger partial charge in [0.1, 0.15) is 6.61 Å². The first-order valence-electron chi connectivity index (χ1n) is 10.9. The molecule has 31 heavy (non-hydrogen) atoms. The molecule has 2 N–H and O–H groups in total. The Morgan fingerprint density at radius 3 is 2.00 bits per heavy atom. The highest BCUT2D eigenvalue weighted by Gasteiger charge is 2.25. The van der Waals surface area contributed by atoms with Crippen LogP contribution >= 0.6 is 0 Å². The predicted molar refractivity (Wildman–Crippen MR) is 120 cm³/mol. The van der Waals surface area contributed by atoms with Crippen LogP contribution in [0.5, 0.6) is 0 Å². The van der Waals surface area contributed by atoms with E-state index >= 15 is 0 Å². The number of ether oxygens (including phenoxy) is 1. The van der Waals surface area contributed by atoms with Crippen molar-refractivity contribution in [2.45, 2.75) is 31.7 Å². The monoisotopic (exact) mass is 424 g/mol. The molecule has 0 spiro atoms. The quantitative estimate of drug-likeness (QED) is 0.628. The second kappa shape index (κ2) is 11.5. The molecule has 0 radical (unpaired) electrons. The lowest BCUT2D eigenvalue weighted by Crippen LogP contribution is -2.42. The van der Waals surface area contributed by atoms with Crippen LogP contribution in [-0.4, -0.2) is 48.8 Å². The second-order valence-electron chi connectivity index (χ2n) is 8.32. The third-order valence-electron chi connectivity index (χ3n) is 6.03. The van der Waals surface area contributed by atoms with Gasteiger partial charge in [0, 0.05) is 13.6 Å². The highest BCUT2D eigenvalue weighted by Crippen LogP contribution is 2.30. The number of carbonyl (C=O) groups is 2. The lowest BCUT2D eigenvalue weighted by Gasteiger charge is -2.31. The van der Waals surface area contributed by atoms with Gasteiger partial charge >= 0.3 is 12.0 Å². The molecule has 1 aliphatic rings. The van der Waals surface area contributed by atoms with Crippen LogP contribution in [0.2, 0.25) is 0 Å². The van der Waals surface area contributed by atoms with Crippen molar-refractivity contribution in [3.8, 4) is 0 Å². The summed E-state index contributed by atoms with van der Waals surface area (Å²) in [6, 6.07) is 19.9. The summed E-state index contributed by atoms with van der Waals surface area (Å²) in [5.41, 5.74) is 2.15. The summed E-state index contributed by atoms with van der Waals surface area (Å²) in [5.74, 6) is -0.0701. The number of hydrogen-bond donors (Lipinski definition) is 2. The Morgan fingerprint density at radius 1 is 0.968 bits per heavy atom. The Labute approximate surface area is 184 Å². The van der Waals surface area contributed by atoms with Gasteiger partial charge in [0.25, 0.3) is 0 Å². The van der Waals surface area contributed by atoms with E-state index in [1.165, 1.54) is 0 Å². The molecule has 0 saturated heterocycles. The minimum Gasteiger partial charge on any atom is -0.480 e. The molecule has 2 amide bonds. The fraction of sp³-hybridized carbons (Fsp3) is 0.440. The highest BCUT2D eigenvalue weighted by molar-refractivity contribution is 5.75. The standard InChI is InChI=1S/C25H32N2O4/c1-27(24(21-8-4-2-5-9-21)22-10-6-3-7-11-22)25(30)26-16-19-12-14-20(15-13-19)17-31-18-23(28)29/h2-11,19-20,24H,12-18H2,1H3,(H,26,30)(H,28,29)/t19-,20-. The molecule has 3 rings (SSSR count). The van der Waals surface area contributed by atoms with Gasteiger partial charge in [0.15, 0.2) is 0 Å². The van der Waals surface area contributed by atoms with Crippen LogP contribution in [0.15, 0.2) is 60.7 Å². The van der Waals surface area contributed by atoms with Crippen molar-refractivity contribution in [1.82, 2.24) is 10.2 Å².